The second-order valence-corrected chi connectivity index (χ2v) is 26.7. The van der Waals surface area contributed by atoms with E-state index >= 15 is 0 Å². The number of thioether (sulfide) groups is 2. The Morgan fingerprint density at radius 2 is 0.966 bits per heavy atom. The standard InChI is InChI=1S/C64H88N8O14S2/c1-39(2)59-43(7)13-15-53(77)65-19-9-11-41(5)31-45(73)33-47(75)35-55-67-49(37-83-55)61(79)71-21-17-51(57(71)63(81)85-59)87-29-27-69-23-25-70(26-24-69)28-30-88-52-18-22-72-58(52)64(82)86-60(40(3)4)44(8)14-16-54(78)66-20-10-12-42(6)32-46(74)34-48(76)36-56-68-50(38-84-56)62(72)80/h9-16,31-32,37-40,43-46,51-52,57-60,73-74H,17-30,33-36H2,1-8H3,(H,65,77)(H,66,78)/b11-9+,12-10+,15-13+,16-14+,41-31+,42-32+/t43-,44-,45-,46-,51?,52?,57?,58?,59-,60-/m1/s1. The molecule has 4 amide bonds. The number of nitrogens with one attached hydrogen (secondary N) is 2. The molecule has 0 spiro atoms. The van der Waals surface area contributed by atoms with Gasteiger partial charge in [0.15, 0.2) is 11.4 Å². The first-order valence-corrected chi connectivity index (χ1v) is 32.7. The molecule has 7 rings (SSSR count). The minimum Gasteiger partial charge on any atom is -0.460 e. The van der Waals surface area contributed by atoms with Crippen LogP contribution in [0.5, 0.6) is 0 Å². The number of cyclic esters (lactones) is 2. The van der Waals surface area contributed by atoms with Gasteiger partial charge in [0.25, 0.3) is 11.8 Å². The molecule has 7 heterocycles. The Labute approximate surface area is 524 Å². The number of hydrogen-bond donors (Lipinski definition) is 4. The van der Waals surface area contributed by atoms with Gasteiger partial charge in [-0.25, -0.2) is 19.6 Å². The number of carbonyl (C=O) groups excluding carboxylic acids is 8. The van der Waals surface area contributed by atoms with Crippen molar-refractivity contribution >= 4 is 70.7 Å². The molecule has 0 saturated carbocycles. The van der Waals surface area contributed by atoms with Crippen LogP contribution in [0.25, 0.3) is 0 Å². The number of aliphatic hydroxyl groups is 2. The second kappa shape index (κ2) is 33.4. The highest BCUT2D eigenvalue weighted by Gasteiger charge is 2.47. The van der Waals surface area contributed by atoms with Crippen molar-refractivity contribution in [2.45, 2.75) is 141 Å². The Morgan fingerprint density at radius 3 is 1.34 bits per heavy atom. The van der Waals surface area contributed by atoms with Crippen LogP contribution in [0.2, 0.25) is 0 Å². The highest BCUT2D eigenvalue weighted by Crippen LogP contribution is 2.35. The van der Waals surface area contributed by atoms with Crippen molar-refractivity contribution in [3.63, 3.8) is 0 Å². The maximum absolute atomic E-state index is 14.5. The first-order chi connectivity index (χ1) is 42.0. The Morgan fingerprint density at radius 1 is 0.580 bits per heavy atom. The fourth-order valence-electron chi connectivity index (χ4n) is 11.6. The summed E-state index contributed by atoms with van der Waals surface area (Å²) >= 11 is 3.22. The van der Waals surface area contributed by atoms with E-state index in [1.807, 2.05) is 41.5 Å². The number of carbonyl (C=O) groups is 8. The second-order valence-electron chi connectivity index (χ2n) is 24.0. The third kappa shape index (κ3) is 20.3. The van der Waals surface area contributed by atoms with E-state index in [1.54, 1.807) is 86.0 Å². The van der Waals surface area contributed by atoms with Crippen molar-refractivity contribution in [2.75, 3.05) is 77.0 Å². The van der Waals surface area contributed by atoms with Crippen LogP contribution < -0.4 is 10.6 Å². The number of hydrogen-bond acceptors (Lipinski definition) is 20. The quantitative estimate of drug-likeness (QED) is 0.225. The molecule has 10 atom stereocenters. The van der Waals surface area contributed by atoms with Crippen LogP contribution >= 0.6 is 23.5 Å². The summed E-state index contributed by atoms with van der Waals surface area (Å²) in [7, 11) is 0. The van der Waals surface area contributed by atoms with Gasteiger partial charge in [-0.2, -0.15) is 23.5 Å². The molecule has 22 nitrogen and oxygen atoms in total. The summed E-state index contributed by atoms with van der Waals surface area (Å²) in [5, 5.41) is 26.2. The molecule has 4 bridgehead atoms. The number of allylic oxidation sites excluding steroid dienone is 4. The first kappa shape index (κ1) is 69.0. The Kier molecular flexibility index (Phi) is 26.2. The number of fused-ring (bicyclic) bond motifs is 6. The summed E-state index contributed by atoms with van der Waals surface area (Å²) in [5.74, 6) is -3.14. The van der Waals surface area contributed by atoms with Gasteiger partial charge in [0.1, 0.15) is 48.4 Å². The molecule has 4 N–H and O–H groups in total. The third-order valence-corrected chi connectivity index (χ3v) is 18.8. The highest BCUT2D eigenvalue weighted by atomic mass is 32.2. The SMILES string of the molecule is CC1=C\[C@@H](O)CC(=O)Cc2nc(co2)C(=O)N2CCC(SCCN3CCN(CCSC4CCN5C(=O)c6coc(n6)CC(=O)C[C@H](O)/C=C(C)/C=C/CNC(=O)/C=C/[C@@H](C)[C@@H](C(C)C)OC(=O)C45)CC3)C2C(=O)O[C@H](C(C)C)[C@H](C)/C=C/C(=O)NC\C=C\1. The first-order valence-electron chi connectivity index (χ1n) is 30.6. The maximum atomic E-state index is 14.5. The molecule has 0 radical (unpaired) electrons. The summed E-state index contributed by atoms with van der Waals surface area (Å²) in [5.41, 5.74) is 1.30. The number of piperazine rings is 1. The molecule has 480 valence electrons. The van der Waals surface area contributed by atoms with Crippen LogP contribution in [-0.4, -0.2) is 211 Å². The molecule has 88 heavy (non-hydrogen) atoms. The highest BCUT2D eigenvalue weighted by molar-refractivity contribution is 8.00. The van der Waals surface area contributed by atoms with E-state index in [1.165, 1.54) is 34.5 Å². The number of Topliss-reactive ketones (excluding diaryl/α,β-unsaturated/α-hetero) is 2. The molecule has 2 aromatic heterocycles. The molecule has 5 aliphatic heterocycles. The van der Waals surface area contributed by atoms with Crippen LogP contribution in [0.15, 0.2) is 93.3 Å². The molecule has 2 aromatic rings. The van der Waals surface area contributed by atoms with Gasteiger partial charge < -0.3 is 49.0 Å². The van der Waals surface area contributed by atoms with Crippen molar-refractivity contribution in [2.24, 2.45) is 23.7 Å². The summed E-state index contributed by atoms with van der Waals surface area (Å²) in [6.07, 6.45) is 15.4. The minimum atomic E-state index is -1.07. The molecule has 3 fully saturated rings. The lowest BCUT2D eigenvalue weighted by molar-refractivity contribution is -0.158. The molecule has 4 unspecified atom stereocenters. The van der Waals surface area contributed by atoms with Crippen LogP contribution in [0, 0.1) is 23.7 Å². The lowest BCUT2D eigenvalue weighted by Gasteiger charge is -2.35. The maximum Gasteiger partial charge on any atom is 0.330 e. The van der Waals surface area contributed by atoms with Crippen LogP contribution in [0.4, 0.5) is 0 Å². The number of nitrogens with zero attached hydrogens (tertiary/aromatic N) is 6. The normalized spacial score (nSPS) is 30.7. The van der Waals surface area contributed by atoms with E-state index in [9.17, 15) is 48.6 Å². The Hall–Kier alpha value is -6.44. The number of rotatable bonds is 10. The summed E-state index contributed by atoms with van der Waals surface area (Å²) in [6, 6.07) is -1.92. The van der Waals surface area contributed by atoms with Crippen molar-refractivity contribution < 1.29 is 66.9 Å². The van der Waals surface area contributed by atoms with Gasteiger partial charge >= 0.3 is 11.9 Å². The third-order valence-electron chi connectivity index (χ3n) is 16.2. The number of aromatic nitrogens is 2. The van der Waals surface area contributed by atoms with Gasteiger partial charge in [0.2, 0.25) is 23.6 Å². The van der Waals surface area contributed by atoms with E-state index in [2.05, 4.69) is 30.4 Å². The Bertz CT molecular complexity index is 2760. The van der Waals surface area contributed by atoms with Crippen molar-refractivity contribution in [3.05, 3.63) is 108 Å². The van der Waals surface area contributed by atoms with Crippen LogP contribution in [-0.2, 0) is 51.1 Å². The van der Waals surface area contributed by atoms with Gasteiger partial charge in [0.05, 0.1) is 25.0 Å². The molecule has 0 aliphatic carbocycles. The predicted molar refractivity (Wildman–Crippen MR) is 334 cm³/mol. The van der Waals surface area contributed by atoms with E-state index in [0.717, 1.165) is 39.3 Å². The fourth-order valence-corrected chi connectivity index (χ4v) is 14.3. The molecule has 24 heteroatoms. The molecule has 5 aliphatic rings. The van der Waals surface area contributed by atoms with E-state index < -0.39 is 60.3 Å². The molecule has 3 saturated heterocycles. The minimum absolute atomic E-state index is 0.0200. The number of amides is 4. The summed E-state index contributed by atoms with van der Waals surface area (Å²) < 4.78 is 23.8. The smallest absolute Gasteiger partial charge is 0.330 e. The molecular formula is C64H88N8O14S2. The van der Waals surface area contributed by atoms with E-state index in [4.69, 9.17) is 18.3 Å². The lowest BCUT2D eigenvalue weighted by Crippen LogP contribution is -2.49. The van der Waals surface area contributed by atoms with Gasteiger partial charge in [-0.3, -0.25) is 38.6 Å². The summed E-state index contributed by atoms with van der Waals surface area (Å²) in [4.78, 5) is 126. The molecule has 0 aromatic carbocycles. The van der Waals surface area contributed by atoms with Crippen LogP contribution in [0.1, 0.15) is 114 Å². The number of aliphatic hydroxyl groups excluding tert-OH is 2. The lowest BCUT2D eigenvalue weighted by atomic mass is 9.94. The number of oxazole rings is 2. The summed E-state index contributed by atoms with van der Waals surface area (Å²) in [6.45, 7) is 20.6. The number of ketones is 2. The Balaban J connectivity index is 0.971. The average Bonchev–Trinajstić information content (AvgIpc) is 2.50. The number of esters is 2. The monoisotopic (exact) mass is 1260 g/mol. The topological polar surface area (TPSA) is 285 Å². The van der Waals surface area contributed by atoms with Crippen molar-refractivity contribution in [3.8, 4) is 0 Å². The van der Waals surface area contributed by atoms with Crippen molar-refractivity contribution in [1.29, 1.82) is 0 Å². The zero-order chi connectivity index (χ0) is 63.6. The largest absolute Gasteiger partial charge is 0.460 e. The van der Waals surface area contributed by atoms with E-state index in [0.29, 0.717) is 35.5 Å². The fraction of sp³-hybridized carbons (Fsp3) is 0.594. The zero-order valence-corrected chi connectivity index (χ0v) is 53.5. The van der Waals surface area contributed by atoms with Gasteiger partial charge in [0, 0.05) is 112 Å². The van der Waals surface area contributed by atoms with Gasteiger partial charge in [-0.1, -0.05) is 101 Å². The average molecular weight is 1260 g/mol. The van der Waals surface area contributed by atoms with Crippen LogP contribution in [0.3, 0.4) is 0 Å². The zero-order valence-electron chi connectivity index (χ0n) is 51.9. The van der Waals surface area contributed by atoms with E-state index in [-0.39, 0.29) is 133 Å². The van der Waals surface area contributed by atoms with Crippen molar-refractivity contribution in [1.82, 2.24) is 40.2 Å². The predicted octanol–water partition coefficient (Wildman–Crippen LogP) is 5.12. The number of ether oxygens (including phenoxy) is 2. The molecular weight excluding hydrogens is 1170 g/mol. The van der Waals surface area contributed by atoms with Gasteiger partial charge in [-0.05, 0) is 50.7 Å². The van der Waals surface area contributed by atoms with Gasteiger partial charge in [-0.15, -0.1) is 0 Å².